The molecular weight excluding hydrogens is 467 g/mol. The number of benzene rings is 2. The molecule has 2 aliphatic rings. The largest absolute Gasteiger partial charge is 0.368 e. The maximum Gasteiger partial charge on any atom is 0.0737 e. The fourth-order valence-electron chi connectivity index (χ4n) is 4.58. The molecule has 6 rings (SSSR count). The first kappa shape index (κ1) is 23.1. The number of nitrogens with one attached hydrogen (secondary N) is 2. The van der Waals surface area contributed by atoms with E-state index in [4.69, 9.17) is 23.2 Å². The van der Waals surface area contributed by atoms with Crippen LogP contribution in [0, 0.1) is 0 Å². The SMILES string of the molecule is Clc1ccc2c(N3CCNCC3)ccnc2c1.Clc1ccc2c(N3CCNCC3)ccnc2c1. The van der Waals surface area contributed by atoms with Gasteiger partial charge in [-0.05, 0) is 48.5 Å². The first-order valence-corrected chi connectivity index (χ1v) is 12.4. The summed E-state index contributed by atoms with van der Waals surface area (Å²) < 4.78 is 0. The van der Waals surface area contributed by atoms with Gasteiger partial charge in [0, 0.05) is 96.9 Å². The number of hydrogen-bond donors (Lipinski definition) is 2. The number of rotatable bonds is 2. The molecule has 0 radical (unpaired) electrons. The summed E-state index contributed by atoms with van der Waals surface area (Å²) in [6, 6.07) is 16.0. The molecule has 0 aliphatic carbocycles. The lowest BCUT2D eigenvalue weighted by Crippen LogP contribution is -2.43. The number of hydrogen-bond acceptors (Lipinski definition) is 6. The smallest absolute Gasteiger partial charge is 0.0737 e. The molecule has 0 atom stereocenters. The minimum Gasteiger partial charge on any atom is -0.368 e. The molecule has 0 amide bonds. The quantitative estimate of drug-likeness (QED) is 0.424. The van der Waals surface area contributed by atoms with Crippen molar-refractivity contribution in [3.63, 3.8) is 0 Å². The summed E-state index contributed by atoms with van der Waals surface area (Å²) in [5.74, 6) is 0. The Morgan fingerprint density at radius 2 is 1.00 bits per heavy atom. The minimum absolute atomic E-state index is 0.738. The normalized spacial score (nSPS) is 16.4. The van der Waals surface area contributed by atoms with Crippen LogP contribution >= 0.6 is 23.2 Å². The van der Waals surface area contributed by atoms with Gasteiger partial charge >= 0.3 is 0 Å². The molecule has 2 N–H and O–H groups in total. The van der Waals surface area contributed by atoms with Crippen LogP contribution in [0.15, 0.2) is 60.9 Å². The number of anilines is 2. The molecule has 6 nitrogen and oxygen atoms in total. The van der Waals surface area contributed by atoms with Crippen LogP contribution < -0.4 is 20.4 Å². The average Bonchev–Trinajstić information content (AvgIpc) is 2.89. The van der Waals surface area contributed by atoms with Crippen LogP contribution in [0.4, 0.5) is 11.4 Å². The van der Waals surface area contributed by atoms with E-state index in [0.717, 1.165) is 73.4 Å². The van der Waals surface area contributed by atoms with Gasteiger partial charge in [-0.3, -0.25) is 9.97 Å². The Labute approximate surface area is 209 Å². The van der Waals surface area contributed by atoms with Gasteiger partial charge in [0.1, 0.15) is 0 Å². The Morgan fingerprint density at radius 1 is 0.588 bits per heavy atom. The molecule has 0 spiro atoms. The highest BCUT2D eigenvalue weighted by molar-refractivity contribution is 6.31. The second-order valence-corrected chi connectivity index (χ2v) is 9.33. The maximum absolute atomic E-state index is 5.99. The summed E-state index contributed by atoms with van der Waals surface area (Å²) in [6.45, 7) is 8.33. The van der Waals surface area contributed by atoms with Crippen LogP contribution in [0.5, 0.6) is 0 Å². The number of nitrogens with zero attached hydrogens (tertiary/aromatic N) is 4. The van der Waals surface area contributed by atoms with E-state index in [1.165, 1.54) is 22.1 Å². The van der Waals surface area contributed by atoms with E-state index in [0.29, 0.717) is 0 Å². The third-order valence-corrected chi connectivity index (χ3v) is 6.75. The van der Waals surface area contributed by atoms with Crippen LogP contribution in [-0.4, -0.2) is 62.3 Å². The van der Waals surface area contributed by atoms with E-state index in [2.05, 4.69) is 54.7 Å². The zero-order chi connectivity index (χ0) is 23.3. The van der Waals surface area contributed by atoms with Gasteiger partial charge in [0.2, 0.25) is 0 Å². The molecule has 176 valence electrons. The van der Waals surface area contributed by atoms with Gasteiger partial charge in [-0.25, -0.2) is 0 Å². The van der Waals surface area contributed by atoms with Crippen LogP contribution in [0.3, 0.4) is 0 Å². The molecule has 2 aromatic heterocycles. The number of piperazine rings is 2. The zero-order valence-electron chi connectivity index (χ0n) is 19.0. The monoisotopic (exact) mass is 494 g/mol. The highest BCUT2D eigenvalue weighted by atomic mass is 35.5. The number of fused-ring (bicyclic) bond motifs is 2. The highest BCUT2D eigenvalue weighted by Gasteiger charge is 2.14. The van der Waals surface area contributed by atoms with E-state index < -0.39 is 0 Å². The van der Waals surface area contributed by atoms with Crippen LogP contribution in [-0.2, 0) is 0 Å². The van der Waals surface area contributed by atoms with Crippen molar-refractivity contribution >= 4 is 56.4 Å². The van der Waals surface area contributed by atoms with Crippen molar-refractivity contribution in [2.45, 2.75) is 0 Å². The second-order valence-electron chi connectivity index (χ2n) is 8.46. The van der Waals surface area contributed by atoms with E-state index >= 15 is 0 Å². The predicted octanol–water partition coefficient (Wildman–Crippen LogP) is 4.60. The van der Waals surface area contributed by atoms with E-state index in [1.807, 2.05) is 36.7 Å². The first-order valence-electron chi connectivity index (χ1n) is 11.7. The lowest BCUT2D eigenvalue weighted by Gasteiger charge is -2.30. The number of aromatic nitrogens is 2. The molecule has 8 heteroatoms. The number of halogens is 2. The van der Waals surface area contributed by atoms with Crippen molar-refractivity contribution in [1.82, 2.24) is 20.6 Å². The summed E-state index contributed by atoms with van der Waals surface area (Å²) in [6.07, 6.45) is 3.71. The zero-order valence-corrected chi connectivity index (χ0v) is 20.5. The second kappa shape index (κ2) is 10.7. The van der Waals surface area contributed by atoms with Crippen molar-refractivity contribution < 1.29 is 0 Å². The lowest BCUT2D eigenvalue weighted by molar-refractivity contribution is 0.590. The van der Waals surface area contributed by atoms with Gasteiger partial charge in [-0.2, -0.15) is 0 Å². The molecule has 0 saturated carbocycles. The topological polar surface area (TPSA) is 56.3 Å². The predicted molar refractivity (Wildman–Crippen MR) is 144 cm³/mol. The van der Waals surface area contributed by atoms with Gasteiger partial charge in [0.05, 0.1) is 11.0 Å². The van der Waals surface area contributed by atoms with Crippen LogP contribution in [0.2, 0.25) is 10.0 Å². The summed E-state index contributed by atoms with van der Waals surface area (Å²) >= 11 is 12.0. The summed E-state index contributed by atoms with van der Waals surface area (Å²) in [4.78, 5) is 13.5. The molecule has 2 aromatic carbocycles. The lowest BCUT2D eigenvalue weighted by atomic mass is 10.1. The Kier molecular flexibility index (Phi) is 7.30. The van der Waals surface area contributed by atoms with Crippen molar-refractivity contribution in [2.75, 3.05) is 62.2 Å². The third-order valence-electron chi connectivity index (χ3n) is 6.28. The van der Waals surface area contributed by atoms with Crippen molar-refractivity contribution in [1.29, 1.82) is 0 Å². The van der Waals surface area contributed by atoms with Crippen molar-refractivity contribution in [2.24, 2.45) is 0 Å². The average molecular weight is 495 g/mol. The van der Waals surface area contributed by atoms with Gasteiger partial charge in [-0.15, -0.1) is 0 Å². The maximum atomic E-state index is 5.99. The molecule has 2 saturated heterocycles. The summed E-state index contributed by atoms with van der Waals surface area (Å²) in [5, 5.41) is 10.6. The standard InChI is InChI=1S/2C13H14ClN3/c2*14-10-1-2-11-12(9-10)16-4-3-13(11)17-7-5-15-6-8-17/h2*1-4,9,15H,5-8H2. The molecule has 0 unspecified atom stereocenters. The van der Waals surface area contributed by atoms with E-state index in [-0.39, 0.29) is 0 Å². The molecule has 0 bridgehead atoms. The summed E-state index contributed by atoms with van der Waals surface area (Å²) in [5.41, 5.74) is 4.45. The Morgan fingerprint density at radius 3 is 1.41 bits per heavy atom. The van der Waals surface area contributed by atoms with Crippen LogP contribution in [0.1, 0.15) is 0 Å². The highest BCUT2D eigenvalue weighted by Crippen LogP contribution is 2.28. The Bertz CT molecular complexity index is 1170. The van der Waals surface area contributed by atoms with Gasteiger partial charge in [0.25, 0.3) is 0 Å². The van der Waals surface area contributed by atoms with Crippen LogP contribution in [0.25, 0.3) is 21.8 Å². The van der Waals surface area contributed by atoms with Crippen molar-refractivity contribution in [3.8, 4) is 0 Å². The summed E-state index contributed by atoms with van der Waals surface area (Å²) in [7, 11) is 0. The fraction of sp³-hybridized carbons (Fsp3) is 0.308. The van der Waals surface area contributed by atoms with E-state index in [9.17, 15) is 0 Å². The van der Waals surface area contributed by atoms with Crippen molar-refractivity contribution in [3.05, 3.63) is 71.0 Å². The minimum atomic E-state index is 0.738. The molecule has 2 aliphatic heterocycles. The third kappa shape index (κ3) is 5.20. The molecule has 2 fully saturated rings. The first-order chi connectivity index (χ1) is 16.7. The number of pyridine rings is 2. The van der Waals surface area contributed by atoms with Gasteiger partial charge < -0.3 is 20.4 Å². The van der Waals surface area contributed by atoms with E-state index in [1.54, 1.807) is 0 Å². The molecule has 4 aromatic rings. The van der Waals surface area contributed by atoms with Gasteiger partial charge in [0.15, 0.2) is 0 Å². The Hall–Kier alpha value is -2.64. The van der Waals surface area contributed by atoms with Gasteiger partial charge in [-0.1, -0.05) is 23.2 Å². The fourth-order valence-corrected chi connectivity index (χ4v) is 4.91. The Balaban J connectivity index is 0.000000142. The molecule has 34 heavy (non-hydrogen) atoms. The molecular formula is C26H28Cl2N6. The molecule has 4 heterocycles.